The fourth-order valence-corrected chi connectivity index (χ4v) is 3.15. The Morgan fingerprint density at radius 1 is 1.04 bits per heavy atom. The molecule has 2 rings (SSSR count). The summed E-state index contributed by atoms with van der Waals surface area (Å²) in [6.07, 6.45) is 3.03. The first-order valence-electron chi connectivity index (χ1n) is 8.48. The van der Waals surface area contributed by atoms with Crippen LogP contribution in [0.4, 0.5) is 10.5 Å². The molecule has 0 heterocycles. The van der Waals surface area contributed by atoms with Gasteiger partial charge in [-0.3, -0.25) is 4.79 Å². The largest absolute Gasteiger partial charge is 0.481 e. The second-order valence-electron chi connectivity index (χ2n) is 6.05. The molecule has 1 unspecified atom stereocenters. The smallest absolute Gasteiger partial charge is 0.319 e. The zero-order valence-electron chi connectivity index (χ0n) is 14.8. The Kier molecular flexibility index (Phi) is 8.02. The third-order valence-electron chi connectivity index (χ3n) is 3.89. The van der Waals surface area contributed by atoms with Crippen LogP contribution in [0.2, 0.25) is 0 Å². The molecular weight excluding hydrogens is 348 g/mol. The van der Waals surface area contributed by atoms with Gasteiger partial charge in [-0.15, -0.1) is 0 Å². The maximum absolute atomic E-state index is 12.3. The molecule has 26 heavy (non-hydrogen) atoms. The van der Waals surface area contributed by atoms with Crippen molar-refractivity contribution in [2.45, 2.75) is 31.1 Å². The molecule has 2 aromatic rings. The van der Waals surface area contributed by atoms with Gasteiger partial charge in [-0.2, -0.15) is 11.8 Å². The summed E-state index contributed by atoms with van der Waals surface area (Å²) in [4.78, 5) is 23.2. The van der Waals surface area contributed by atoms with E-state index in [1.165, 1.54) is 5.56 Å². The van der Waals surface area contributed by atoms with Gasteiger partial charge in [-0.05, 0) is 42.4 Å². The monoisotopic (exact) mass is 372 g/mol. The summed E-state index contributed by atoms with van der Waals surface area (Å²) in [6.45, 7) is 0. The lowest BCUT2D eigenvalue weighted by Crippen LogP contribution is -2.39. The Bertz CT molecular complexity index is 705. The van der Waals surface area contributed by atoms with Gasteiger partial charge in [0.05, 0.1) is 0 Å². The van der Waals surface area contributed by atoms with Crippen LogP contribution in [0.3, 0.4) is 0 Å². The van der Waals surface area contributed by atoms with Crippen LogP contribution >= 0.6 is 11.8 Å². The highest BCUT2D eigenvalue weighted by molar-refractivity contribution is 7.97. The van der Waals surface area contributed by atoms with Crippen LogP contribution in [0.5, 0.6) is 0 Å². The van der Waals surface area contributed by atoms with E-state index in [4.69, 9.17) is 5.11 Å². The second kappa shape index (κ2) is 10.5. The van der Waals surface area contributed by atoms with Gasteiger partial charge >= 0.3 is 12.0 Å². The molecule has 0 aromatic heterocycles. The molecule has 0 saturated heterocycles. The molecule has 0 bridgehead atoms. The fourth-order valence-electron chi connectivity index (χ4n) is 2.63. The van der Waals surface area contributed by atoms with E-state index in [9.17, 15) is 9.59 Å². The van der Waals surface area contributed by atoms with Crippen LogP contribution in [0.15, 0.2) is 54.6 Å². The zero-order valence-corrected chi connectivity index (χ0v) is 15.6. The van der Waals surface area contributed by atoms with E-state index in [0.717, 1.165) is 11.3 Å². The van der Waals surface area contributed by atoms with Crippen molar-refractivity contribution in [3.8, 4) is 0 Å². The van der Waals surface area contributed by atoms with E-state index in [-0.39, 0.29) is 18.5 Å². The van der Waals surface area contributed by atoms with Gasteiger partial charge in [0, 0.05) is 23.9 Å². The van der Waals surface area contributed by atoms with E-state index in [0.29, 0.717) is 18.5 Å². The van der Waals surface area contributed by atoms with Gasteiger partial charge in [-0.1, -0.05) is 42.5 Å². The van der Waals surface area contributed by atoms with Crippen LogP contribution < -0.4 is 10.6 Å². The molecule has 5 nitrogen and oxygen atoms in total. The standard InChI is InChI=1S/C20H24N2O3S/c1-26-14-16-7-9-17(10-8-16)21-20(25)22-18(11-12-19(23)24)13-15-5-3-2-4-6-15/h2-10,18H,11-14H2,1H3,(H,23,24)(H2,21,22,25). The number of nitrogens with one attached hydrogen (secondary N) is 2. The van der Waals surface area contributed by atoms with Crippen LogP contribution in [0.25, 0.3) is 0 Å². The van der Waals surface area contributed by atoms with E-state index in [1.54, 1.807) is 11.8 Å². The Balaban J connectivity index is 1.94. The van der Waals surface area contributed by atoms with Crippen molar-refractivity contribution in [1.29, 1.82) is 0 Å². The topological polar surface area (TPSA) is 78.4 Å². The average Bonchev–Trinajstić information content (AvgIpc) is 2.62. The first kappa shape index (κ1) is 19.8. The number of hydrogen-bond donors (Lipinski definition) is 3. The molecule has 3 N–H and O–H groups in total. The first-order valence-corrected chi connectivity index (χ1v) is 9.87. The van der Waals surface area contributed by atoms with Crippen molar-refractivity contribution in [2.24, 2.45) is 0 Å². The molecule has 1 atom stereocenters. The Labute approximate surface area is 158 Å². The molecule has 0 aliphatic rings. The van der Waals surface area contributed by atoms with Gasteiger partial charge in [-0.25, -0.2) is 4.79 Å². The van der Waals surface area contributed by atoms with E-state index in [2.05, 4.69) is 10.6 Å². The molecular formula is C20H24N2O3S. The highest BCUT2D eigenvalue weighted by Gasteiger charge is 2.15. The van der Waals surface area contributed by atoms with Crippen molar-refractivity contribution in [3.63, 3.8) is 0 Å². The number of anilines is 1. The number of carbonyl (C=O) groups excluding carboxylic acids is 1. The summed E-state index contributed by atoms with van der Waals surface area (Å²) >= 11 is 1.74. The van der Waals surface area contributed by atoms with Crippen molar-refractivity contribution < 1.29 is 14.7 Å². The third-order valence-corrected chi connectivity index (χ3v) is 4.51. The molecule has 2 aromatic carbocycles. The van der Waals surface area contributed by atoms with Gasteiger partial charge in [0.15, 0.2) is 0 Å². The van der Waals surface area contributed by atoms with Gasteiger partial charge < -0.3 is 15.7 Å². The van der Waals surface area contributed by atoms with Crippen molar-refractivity contribution >= 4 is 29.4 Å². The quantitative estimate of drug-likeness (QED) is 0.618. The summed E-state index contributed by atoms with van der Waals surface area (Å²) < 4.78 is 0. The highest BCUT2D eigenvalue weighted by atomic mass is 32.2. The molecule has 0 aliphatic carbocycles. The lowest BCUT2D eigenvalue weighted by molar-refractivity contribution is -0.137. The summed E-state index contributed by atoms with van der Waals surface area (Å²) in [5, 5.41) is 14.6. The first-order chi connectivity index (χ1) is 12.6. The number of rotatable bonds is 9. The maximum atomic E-state index is 12.3. The average molecular weight is 372 g/mol. The normalized spacial score (nSPS) is 11.6. The number of thioether (sulfide) groups is 1. The Hall–Kier alpha value is -2.47. The molecule has 2 amide bonds. The highest BCUT2D eigenvalue weighted by Crippen LogP contribution is 2.14. The molecule has 0 radical (unpaired) electrons. The predicted molar refractivity (Wildman–Crippen MR) is 107 cm³/mol. The number of urea groups is 1. The van der Waals surface area contributed by atoms with Crippen LogP contribution in [0.1, 0.15) is 24.0 Å². The number of carbonyl (C=O) groups is 2. The van der Waals surface area contributed by atoms with Crippen LogP contribution in [-0.2, 0) is 17.0 Å². The van der Waals surface area contributed by atoms with Gasteiger partial charge in [0.1, 0.15) is 0 Å². The molecule has 138 valence electrons. The minimum Gasteiger partial charge on any atom is -0.481 e. The Morgan fingerprint density at radius 2 is 1.73 bits per heavy atom. The van der Waals surface area contributed by atoms with E-state index >= 15 is 0 Å². The third kappa shape index (κ3) is 7.19. The van der Waals surface area contributed by atoms with Crippen molar-refractivity contribution in [2.75, 3.05) is 11.6 Å². The molecule has 0 spiro atoms. The summed E-state index contributed by atoms with van der Waals surface area (Å²) in [5.41, 5.74) is 2.97. The molecule has 6 heteroatoms. The molecule has 0 fully saturated rings. The van der Waals surface area contributed by atoms with Crippen LogP contribution in [0, 0.1) is 0 Å². The number of carboxylic acid groups (broad SMARTS) is 1. The van der Waals surface area contributed by atoms with E-state index < -0.39 is 5.97 Å². The molecule has 0 aliphatic heterocycles. The zero-order chi connectivity index (χ0) is 18.8. The summed E-state index contributed by atoms with van der Waals surface area (Å²) in [6, 6.07) is 16.9. The van der Waals surface area contributed by atoms with E-state index in [1.807, 2.05) is 60.9 Å². The second-order valence-corrected chi connectivity index (χ2v) is 6.91. The SMILES string of the molecule is CSCc1ccc(NC(=O)NC(CCC(=O)O)Cc2ccccc2)cc1. The minimum atomic E-state index is -0.866. The number of benzene rings is 2. The van der Waals surface area contributed by atoms with Gasteiger partial charge in [0.2, 0.25) is 0 Å². The summed E-state index contributed by atoms with van der Waals surface area (Å²) in [5.74, 6) is 0.0653. The number of amides is 2. The maximum Gasteiger partial charge on any atom is 0.319 e. The Morgan fingerprint density at radius 3 is 2.35 bits per heavy atom. The van der Waals surface area contributed by atoms with Crippen molar-refractivity contribution in [1.82, 2.24) is 5.32 Å². The van der Waals surface area contributed by atoms with Crippen molar-refractivity contribution in [3.05, 3.63) is 65.7 Å². The minimum absolute atomic E-state index is 0.0150. The number of carboxylic acids is 1. The lowest BCUT2D eigenvalue weighted by atomic mass is 10.0. The molecule has 0 saturated carbocycles. The predicted octanol–water partition coefficient (Wildman–Crippen LogP) is 4.15. The fraction of sp³-hybridized carbons (Fsp3) is 0.300. The summed E-state index contributed by atoms with van der Waals surface area (Å²) in [7, 11) is 0. The number of hydrogen-bond acceptors (Lipinski definition) is 3. The van der Waals surface area contributed by atoms with Gasteiger partial charge in [0.25, 0.3) is 0 Å². The number of aliphatic carboxylic acids is 1. The van der Waals surface area contributed by atoms with Crippen LogP contribution in [-0.4, -0.2) is 29.4 Å². The lowest BCUT2D eigenvalue weighted by Gasteiger charge is -2.19.